The summed E-state index contributed by atoms with van der Waals surface area (Å²) in [5.74, 6) is 0.644. The first kappa shape index (κ1) is 14.4. The van der Waals surface area contributed by atoms with Crippen LogP contribution in [-0.4, -0.2) is 10.2 Å². The number of para-hydroxylation sites is 2. The predicted molar refractivity (Wildman–Crippen MR) is 69.4 cm³/mol. The molecule has 2 rings (SSSR count). The molecule has 0 aliphatic carbocycles. The highest BCUT2D eigenvalue weighted by Crippen LogP contribution is 2.03. The van der Waals surface area contributed by atoms with E-state index in [0.29, 0.717) is 11.5 Å². The Morgan fingerprint density at radius 1 is 0.625 bits per heavy atom. The molecule has 16 heavy (non-hydrogen) atoms. The first-order valence-corrected chi connectivity index (χ1v) is 5.04. The topological polar surface area (TPSA) is 66.5 Å². The van der Waals surface area contributed by atoms with Crippen LogP contribution < -0.4 is 5.14 Å². The number of hydrogen-bond donors (Lipinski definition) is 4. The quantitative estimate of drug-likeness (QED) is 0.532. The number of aromatic hydroxyl groups is 2. The van der Waals surface area contributed by atoms with Gasteiger partial charge in [0.15, 0.2) is 0 Å². The van der Waals surface area contributed by atoms with E-state index in [0.717, 1.165) is 0 Å². The minimum Gasteiger partial charge on any atom is -0.508 e. The molecule has 2 aromatic rings. The van der Waals surface area contributed by atoms with Crippen molar-refractivity contribution in [2.45, 2.75) is 0 Å². The molecule has 0 aliphatic heterocycles. The molecule has 4 N–H and O–H groups in total. The normalized spacial score (nSPS) is 7.88. The molecule has 3 nitrogen and oxygen atoms in total. The molecule has 86 valence electrons. The van der Waals surface area contributed by atoms with Crippen molar-refractivity contribution in [2.24, 2.45) is 5.14 Å². The molecule has 4 heteroatoms. The van der Waals surface area contributed by atoms with Crippen LogP contribution in [0.5, 0.6) is 11.5 Å². The Bertz CT molecular complexity index is 316. The van der Waals surface area contributed by atoms with Crippen LogP contribution in [0.1, 0.15) is 0 Å². The second-order valence-electron chi connectivity index (χ2n) is 2.67. The van der Waals surface area contributed by atoms with Crippen molar-refractivity contribution in [1.29, 1.82) is 0 Å². The summed E-state index contributed by atoms with van der Waals surface area (Å²) < 4.78 is 0. The third-order valence-corrected chi connectivity index (χ3v) is 1.51. The van der Waals surface area contributed by atoms with E-state index in [1.807, 2.05) is 12.1 Å². The maximum Gasteiger partial charge on any atom is 0.115 e. The molecule has 0 heterocycles. The summed E-state index contributed by atoms with van der Waals surface area (Å²) in [4.78, 5) is 0. The van der Waals surface area contributed by atoms with Crippen LogP contribution in [0.2, 0.25) is 0 Å². The predicted octanol–water partition coefficient (Wildman–Crippen LogP) is 2.57. The Kier molecular flexibility index (Phi) is 8.87. The monoisotopic (exact) mass is 237 g/mol. The maximum atomic E-state index is 8.63. The zero-order chi connectivity index (χ0) is 12.2. The summed E-state index contributed by atoms with van der Waals surface area (Å²) in [6, 6.07) is 17.4. The largest absolute Gasteiger partial charge is 0.508 e. The Balaban J connectivity index is 0.000000244. The van der Waals surface area contributed by atoms with Crippen molar-refractivity contribution < 1.29 is 10.2 Å². The van der Waals surface area contributed by atoms with Crippen LogP contribution in [0.25, 0.3) is 0 Å². The lowest BCUT2D eigenvalue weighted by atomic mass is 10.3. The number of rotatable bonds is 0. The zero-order valence-corrected chi connectivity index (χ0v) is 9.59. The van der Waals surface area contributed by atoms with E-state index in [1.54, 1.807) is 48.5 Å². The molecule has 0 saturated carbocycles. The van der Waals surface area contributed by atoms with Gasteiger partial charge in [-0.3, -0.25) is 5.14 Å². The molecule has 0 atom stereocenters. The van der Waals surface area contributed by atoms with Gasteiger partial charge in [0.1, 0.15) is 11.5 Å². The lowest BCUT2D eigenvalue weighted by molar-refractivity contribution is 0.475. The van der Waals surface area contributed by atoms with Gasteiger partial charge >= 0.3 is 0 Å². The summed E-state index contributed by atoms with van der Waals surface area (Å²) >= 11 is 3.03. The van der Waals surface area contributed by atoms with Crippen LogP contribution in [0.15, 0.2) is 60.7 Å². The Labute approximate surface area is 101 Å². The van der Waals surface area contributed by atoms with E-state index in [2.05, 4.69) is 18.0 Å². The summed E-state index contributed by atoms with van der Waals surface area (Å²) in [5.41, 5.74) is 0. The fraction of sp³-hybridized carbons (Fsp3) is 0. The van der Waals surface area contributed by atoms with Crippen molar-refractivity contribution in [3.05, 3.63) is 60.7 Å². The Hall–Kier alpha value is -1.65. The van der Waals surface area contributed by atoms with Crippen LogP contribution in [0, 0.1) is 0 Å². The van der Waals surface area contributed by atoms with Crippen molar-refractivity contribution >= 4 is 12.8 Å². The van der Waals surface area contributed by atoms with Gasteiger partial charge in [-0.2, -0.15) is 0 Å². The van der Waals surface area contributed by atoms with Crippen LogP contribution in [0.3, 0.4) is 0 Å². The molecule has 0 aliphatic rings. The molecule has 0 aromatic heterocycles. The molecule has 0 fully saturated rings. The molecule has 0 bridgehead atoms. The average molecular weight is 237 g/mol. The SMILES string of the molecule is NS.Oc1ccccc1.Oc1ccccc1. The third-order valence-electron chi connectivity index (χ3n) is 1.51. The van der Waals surface area contributed by atoms with E-state index < -0.39 is 0 Å². The van der Waals surface area contributed by atoms with Gasteiger partial charge in [0.2, 0.25) is 0 Å². The highest BCUT2D eigenvalue weighted by atomic mass is 32.1. The Morgan fingerprint density at radius 2 is 0.875 bits per heavy atom. The molecule has 0 unspecified atom stereocenters. The highest BCUT2D eigenvalue weighted by Gasteiger charge is 1.75. The maximum absolute atomic E-state index is 8.63. The van der Waals surface area contributed by atoms with Crippen molar-refractivity contribution in [2.75, 3.05) is 0 Å². The molecular formula is C12H15NO2S. The van der Waals surface area contributed by atoms with Crippen LogP contribution in [0.4, 0.5) is 0 Å². The van der Waals surface area contributed by atoms with Crippen molar-refractivity contribution in [1.82, 2.24) is 0 Å². The number of thiol groups is 1. The zero-order valence-electron chi connectivity index (χ0n) is 8.69. The smallest absolute Gasteiger partial charge is 0.115 e. The standard InChI is InChI=1S/2C6H6O.H3NS/c2*7-6-4-2-1-3-5-6;1-2/h2*1-5,7H;2H,1H2. The highest BCUT2D eigenvalue weighted by molar-refractivity contribution is 7.77. The molecule has 0 radical (unpaired) electrons. The Morgan fingerprint density at radius 3 is 1.00 bits per heavy atom. The molecule has 0 spiro atoms. The second-order valence-corrected chi connectivity index (χ2v) is 2.67. The van der Waals surface area contributed by atoms with Gasteiger partial charge in [0.25, 0.3) is 0 Å². The van der Waals surface area contributed by atoms with E-state index in [1.165, 1.54) is 0 Å². The molecular weight excluding hydrogens is 222 g/mol. The third kappa shape index (κ3) is 7.73. The molecule has 2 aromatic carbocycles. The van der Waals surface area contributed by atoms with Gasteiger partial charge in [-0.1, -0.05) is 36.4 Å². The van der Waals surface area contributed by atoms with E-state index in [4.69, 9.17) is 10.2 Å². The minimum absolute atomic E-state index is 0.322. The first-order chi connectivity index (χ1) is 7.79. The summed E-state index contributed by atoms with van der Waals surface area (Å²) in [6.45, 7) is 0. The second kappa shape index (κ2) is 9.89. The van der Waals surface area contributed by atoms with Gasteiger partial charge in [-0.05, 0) is 24.3 Å². The lowest BCUT2D eigenvalue weighted by Crippen LogP contribution is -1.56. The number of hydrogen-bond acceptors (Lipinski definition) is 4. The average Bonchev–Trinajstić information content (AvgIpc) is 2.34. The fourth-order valence-electron chi connectivity index (χ4n) is 0.856. The molecule has 0 amide bonds. The van der Waals surface area contributed by atoms with Crippen LogP contribution >= 0.6 is 12.8 Å². The van der Waals surface area contributed by atoms with Crippen molar-refractivity contribution in [3.8, 4) is 11.5 Å². The van der Waals surface area contributed by atoms with Gasteiger partial charge in [0.05, 0.1) is 0 Å². The first-order valence-electron chi connectivity index (χ1n) is 4.53. The summed E-state index contributed by atoms with van der Waals surface area (Å²) in [6.07, 6.45) is 0. The number of phenols is 2. The summed E-state index contributed by atoms with van der Waals surface area (Å²) in [7, 11) is 0. The van der Waals surface area contributed by atoms with Gasteiger partial charge in [-0.25, -0.2) is 0 Å². The van der Waals surface area contributed by atoms with Crippen molar-refractivity contribution in [3.63, 3.8) is 0 Å². The van der Waals surface area contributed by atoms with E-state index in [9.17, 15) is 0 Å². The fourth-order valence-corrected chi connectivity index (χ4v) is 0.856. The van der Waals surface area contributed by atoms with E-state index in [-0.39, 0.29) is 0 Å². The number of benzene rings is 2. The minimum atomic E-state index is 0.322. The molecule has 0 saturated heterocycles. The number of nitrogens with two attached hydrogens (primary N) is 1. The van der Waals surface area contributed by atoms with E-state index >= 15 is 0 Å². The van der Waals surface area contributed by atoms with Gasteiger partial charge < -0.3 is 10.2 Å². The van der Waals surface area contributed by atoms with Gasteiger partial charge in [-0.15, -0.1) is 12.8 Å². The number of phenolic OH excluding ortho intramolecular Hbond substituents is 2. The van der Waals surface area contributed by atoms with Gasteiger partial charge in [0, 0.05) is 0 Å². The van der Waals surface area contributed by atoms with Crippen LogP contribution in [-0.2, 0) is 0 Å². The summed E-state index contributed by atoms with van der Waals surface area (Å²) in [5, 5.41) is 21.5. The lowest BCUT2D eigenvalue weighted by Gasteiger charge is -1.82.